The zero-order chi connectivity index (χ0) is 24.9. The van der Waals surface area contributed by atoms with E-state index in [1.165, 1.54) is 22.5 Å². The topological polar surface area (TPSA) is 77.5 Å². The minimum atomic E-state index is -0.566. The van der Waals surface area contributed by atoms with Crippen LogP contribution in [0.2, 0.25) is 0 Å². The lowest BCUT2D eigenvalue weighted by atomic mass is 10.1. The van der Waals surface area contributed by atoms with E-state index in [1.807, 2.05) is 23.6 Å². The molecule has 10 nitrogen and oxygen atoms in total. The molecule has 35 heavy (non-hydrogen) atoms. The highest BCUT2D eigenvalue weighted by Crippen LogP contribution is 2.34. The third-order valence-electron chi connectivity index (χ3n) is 7.61. The molecule has 0 saturated carbocycles. The molecule has 4 heterocycles. The van der Waals surface area contributed by atoms with Gasteiger partial charge in [0.2, 0.25) is 11.9 Å². The van der Waals surface area contributed by atoms with Crippen LogP contribution in [0.1, 0.15) is 23.9 Å². The number of ether oxygens (including phenoxy) is 1. The van der Waals surface area contributed by atoms with Crippen LogP contribution in [0.25, 0.3) is 0 Å². The van der Waals surface area contributed by atoms with Crippen molar-refractivity contribution >= 4 is 29.4 Å². The number of methoxy groups -OCH3 is 1. The van der Waals surface area contributed by atoms with Gasteiger partial charge in [0, 0.05) is 52.5 Å². The minimum absolute atomic E-state index is 0.231. The number of hydrogen-bond donors (Lipinski definition) is 0. The van der Waals surface area contributed by atoms with Crippen molar-refractivity contribution < 1.29 is 18.9 Å². The maximum absolute atomic E-state index is 12.9. The van der Waals surface area contributed by atoms with Gasteiger partial charge in [-0.05, 0) is 44.5 Å². The molecule has 1 unspecified atom stereocenters. The molecular formula is C25H34N7O3+. The Bertz CT molecular complexity index is 1180. The highest BCUT2D eigenvalue weighted by molar-refractivity contribution is 6.20. The maximum atomic E-state index is 12.9. The van der Waals surface area contributed by atoms with E-state index >= 15 is 0 Å². The van der Waals surface area contributed by atoms with Gasteiger partial charge in [-0.1, -0.05) is 4.99 Å². The smallest absolute Gasteiger partial charge is 0.402 e. The van der Waals surface area contributed by atoms with Gasteiger partial charge in [-0.2, -0.15) is 0 Å². The summed E-state index contributed by atoms with van der Waals surface area (Å²) in [6, 6.07) is 7.36. The molecule has 0 radical (unpaired) electrons. The van der Waals surface area contributed by atoms with E-state index in [1.54, 1.807) is 14.2 Å². The number of anilines is 1. The van der Waals surface area contributed by atoms with Crippen molar-refractivity contribution in [2.45, 2.75) is 32.9 Å². The fourth-order valence-corrected chi connectivity index (χ4v) is 5.32. The van der Waals surface area contributed by atoms with Crippen LogP contribution in [-0.2, 0) is 11.3 Å². The number of carbonyl (C=O) groups excluding carboxylic acids is 2. The van der Waals surface area contributed by atoms with Crippen molar-refractivity contribution in [1.29, 1.82) is 0 Å². The number of imidazole rings is 1. The van der Waals surface area contributed by atoms with Gasteiger partial charge in [-0.15, -0.1) is 0 Å². The summed E-state index contributed by atoms with van der Waals surface area (Å²) >= 11 is 0. The molecule has 0 bridgehead atoms. The van der Waals surface area contributed by atoms with Crippen LogP contribution in [0.3, 0.4) is 0 Å². The van der Waals surface area contributed by atoms with Gasteiger partial charge in [-0.25, -0.2) is 13.9 Å². The number of amides is 3. The number of imide groups is 1. The predicted molar refractivity (Wildman–Crippen MR) is 132 cm³/mol. The van der Waals surface area contributed by atoms with E-state index in [4.69, 9.17) is 9.73 Å². The zero-order valence-corrected chi connectivity index (χ0v) is 21.2. The summed E-state index contributed by atoms with van der Waals surface area (Å²) < 4.78 is 9.45. The lowest BCUT2D eigenvalue weighted by molar-refractivity contribution is -0.689. The standard InChI is InChI=1S/C25H34N7O3/c1-17-18(2)32-21-22(27(3)25(34)28(4)23(21)33)26-24(32)31(17)12-6-11-29-13-15-30(16-14-29)19-7-9-20(35-5)10-8-19/h7-10,21H,6,11-16H2,1-5H3/q+1. The van der Waals surface area contributed by atoms with E-state index in [2.05, 4.69) is 33.4 Å². The molecule has 2 saturated heterocycles. The summed E-state index contributed by atoms with van der Waals surface area (Å²) in [7, 11) is 4.90. The Morgan fingerprint density at radius 2 is 1.71 bits per heavy atom. The number of hydrogen-bond acceptors (Lipinski definition) is 6. The number of fused-ring (bicyclic) bond motifs is 3. The van der Waals surface area contributed by atoms with E-state index in [-0.39, 0.29) is 11.9 Å². The number of carbonyl (C=O) groups is 2. The van der Waals surface area contributed by atoms with Crippen molar-refractivity contribution in [3.8, 4) is 5.75 Å². The monoisotopic (exact) mass is 480 g/mol. The number of aromatic nitrogens is 2. The second-order valence-electron chi connectivity index (χ2n) is 9.48. The van der Waals surface area contributed by atoms with Crippen molar-refractivity contribution in [2.75, 3.05) is 58.8 Å². The summed E-state index contributed by atoms with van der Waals surface area (Å²) in [5, 5.41) is 0. The molecule has 186 valence electrons. The van der Waals surface area contributed by atoms with Crippen LogP contribution in [0.4, 0.5) is 16.4 Å². The van der Waals surface area contributed by atoms with Crippen LogP contribution in [0.5, 0.6) is 5.75 Å². The second-order valence-corrected chi connectivity index (χ2v) is 9.48. The number of nitrogens with zero attached hydrogens (tertiary/aromatic N) is 7. The Labute approximate surface area is 206 Å². The SMILES string of the molecule is COc1ccc(N2CCN(CCC[n+]3c(C)c(C)n4c3N=C3C4C(=O)N(C)C(=O)N3C)CC2)cc1. The highest BCUT2D eigenvalue weighted by Gasteiger charge is 2.53. The van der Waals surface area contributed by atoms with E-state index in [9.17, 15) is 9.59 Å². The molecule has 0 spiro atoms. The van der Waals surface area contributed by atoms with Crippen LogP contribution >= 0.6 is 0 Å². The van der Waals surface area contributed by atoms with Gasteiger partial charge in [0.05, 0.1) is 13.7 Å². The number of benzene rings is 1. The zero-order valence-electron chi connectivity index (χ0n) is 21.2. The van der Waals surface area contributed by atoms with Gasteiger partial charge in [0.15, 0.2) is 0 Å². The average Bonchev–Trinajstić information content (AvgIpc) is 3.38. The van der Waals surface area contributed by atoms with Crippen molar-refractivity contribution in [3.05, 3.63) is 35.7 Å². The first-order valence-corrected chi connectivity index (χ1v) is 12.2. The number of amidine groups is 1. The summed E-state index contributed by atoms with van der Waals surface area (Å²) in [4.78, 5) is 37.7. The highest BCUT2D eigenvalue weighted by atomic mass is 16.5. The first-order chi connectivity index (χ1) is 16.8. The quantitative estimate of drug-likeness (QED) is 0.589. The average molecular weight is 481 g/mol. The molecule has 3 aliphatic heterocycles. The third-order valence-corrected chi connectivity index (χ3v) is 7.61. The summed E-state index contributed by atoms with van der Waals surface area (Å²) in [6.45, 7) is 9.99. The summed E-state index contributed by atoms with van der Waals surface area (Å²) in [5.41, 5.74) is 3.36. The first-order valence-electron chi connectivity index (χ1n) is 12.2. The molecular weight excluding hydrogens is 446 g/mol. The second kappa shape index (κ2) is 8.99. The fourth-order valence-electron chi connectivity index (χ4n) is 5.32. The van der Waals surface area contributed by atoms with Gasteiger partial charge in [0.25, 0.3) is 5.91 Å². The number of rotatable bonds is 6. The number of aliphatic imine (C=N–C) groups is 1. The molecule has 3 amide bonds. The van der Waals surface area contributed by atoms with Gasteiger partial charge in [-0.3, -0.25) is 19.5 Å². The molecule has 0 aliphatic carbocycles. The van der Waals surface area contributed by atoms with Crippen molar-refractivity contribution in [2.24, 2.45) is 4.99 Å². The van der Waals surface area contributed by atoms with Crippen LogP contribution < -0.4 is 14.2 Å². The van der Waals surface area contributed by atoms with Crippen molar-refractivity contribution in [1.82, 2.24) is 19.3 Å². The molecule has 5 rings (SSSR count). The number of urea groups is 1. The van der Waals surface area contributed by atoms with Gasteiger partial charge >= 0.3 is 12.0 Å². The van der Waals surface area contributed by atoms with Crippen molar-refractivity contribution in [3.63, 3.8) is 0 Å². The number of likely N-dealkylation sites (N-methyl/N-ethyl adjacent to an activating group) is 2. The molecule has 10 heteroatoms. The first kappa shape index (κ1) is 23.3. The maximum Gasteiger partial charge on any atom is 0.402 e. The third kappa shape index (κ3) is 3.85. The number of piperazine rings is 1. The Morgan fingerprint density at radius 3 is 2.37 bits per heavy atom. The minimum Gasteiger partial charge on any atom is -0.497 e. The largest absolute Gasteiger partial charge is 0.497 e. The van der Waals surface area contributed by atoms with Crippen LogP contribution in [-0.4, -0.2) is 91.0 Å². The lowest BCUT2D eigenvalue weighted by Gasteiger charge is -2.36. The molecule has 2 fully saturated rings. The molecule has 3 aliphatic rings. The lowest BCUT2D eigenvalue weighted by Crippen LogP contribution is -2.56. The summed E-state index contributed by atoms with van der Waals surface area (Å²) in [5.74, 6) is 1.92. The predicted octanol–water partition coefficient (Wildman–Crippen LogP) is 1.72. The molecule has 1 aromatic carbocycles. The Balaban J connectivity index is 1.22. The summed E-state index contributed by atoms with van der Waals surface area (Å²) in [6.07, 6.45) is 0.989. The van der Waals surface area contributed by atoms with E-state index in [0.717, 1.165) is 68.8 Å². The fraction of sp³-hybridized carbons (Fsp3) is 0.520. The van der Waals surface area contributed by atoms with Gasteiger partial charge in [0.1, 0.15) is 17.1 Å². The van der Waals surface area contributed by atoms with E-state index < -0.39 is 6.04 Å². The Kier molecular flexibility index (Phi) is 6.00. The van der Waals surface area contributed by atoms with Crippen LogP contribution in [0, 0.1) is 13.8 Å². The van der Waals surface area contributed by atoms with E-state index in [0.29, 0.717) is 5.84 Å². The Hall–Kier alpha value is -3.40. The Morgan fingerprint density at radius 1 is 1.03 bits per heavy atom. The van der Waals surface area contributed by atoms with Crippen LogP contribution in [0.15, 0.2) is 29.3 Å². The molecule has 2 aromatic rings. The normalized spacial score (nSPS) is 20.3. The molecule has 1 aromatic heterocycles. The molecule has 0 N–H and O–H groups in total. The molecule has 1 atom stereocenters. The van der Waals surface area contributed by atoms with Gasteiger partial charge < -0.3 is 9.64 Å².